The first-order valence-electron chi connectivity index (χ1n) is 10.2. The summed E-state index contributed by atoms with van der Waals surface area (Å²) in [4.78, 5) is 4.86. The van der Waals surface area contributed by atoms with Gasteiger partial charge < -0.3 is 24.8 Å². The van der Waals surface area contributed by atoms with Crippen LogP contribution in [0.25, 0.3) is 0 Å². The van der Waals surface area contributed by atoms with Crippen LogP contribution in [0.4, 0.5) is 0 Å². The van der Waals surface area contributed by atoms with Gasteiger partial charge in [0.05, 0.1) is 18.1 Å². The van der Waals surface area contributed by atoms with Crippen molar-refractivity contribution in [2.24, 2.45) is 4.99 Å². The predicted octanol–water partition coefficient (Wildman–Crippen LogP) is 1.82. The molecular formula is C20H30IN3O5S. The Morgan fingerprint density at radius 3 is 2.70 bits per heavy atom. The molecule has 1 atom stereocenters. The van der Waals surface area contributed by atoms with Gasteiger partial charge in [0, 0.05) is 31.2 Å². The molecule has 0 saturated carbocycles. The maximum absolute atomic E-state index is 11.8. The second kappa shape index (κ2) is 9.90. The Morgan fingerprint density at radius 1 is 1.23 bits per heavy atom. The van der Waals surface area contributed by atoms with E-state index in [1.54, 1.807) is 0 Å². The number of nitrogens with zero attached hydrogens (tertiary/aromatic N) is 1. The Balaban J connectivity index is 0.00000256. The minimum Gasteiger partial charge on any atom is -0.454 e. The Labute approximate surface area is 195 Å². The van der Waals surface area contributed by atoms with Crippen molar-refractivity contribution in [1.29, 1.82) is 0 Å². The van der Waals surface area contributed by atoms with E-state index in [4.69, 9.17) is 19.2 Å². The van der Waals surface area contributed by atoms with Crippen molar-refractivity contribution in [2.75, 3.05) is 44.6 Å². The molecule has 3 heterocycles. The van der Waals surface area contributed by atoms with Crippen molar-refractivity contribution in [3.8, 4) is 11.5 Å². The normalized spacial score (nSPS) is 24.2. The molecule has 10 heteroatoms. The second-order valence-electron chi connectivity index (χ2n) is 7.90. The van der Waals surface area contributed by atoms with Crippen molar-refractivity contribution in [3.05, 3.63) is 23.8 Å². The summed E-state index contributed by atoms with van der Waals surface area (Å²) in [6.45, 7) is 4.94. The summed E-state index contributed by atoms with van der Waals surface area (Å²) in [5.74, 6) is 2.62. The molecule has 3 aliphatic heterocycles. The third-order valence-corrected chi connectivity index (χ3v) is 7.66. The number of hydrogen-bond acceptors (Lipinski definition) is 6. The van der Waals surface area contributed by atoms with Crippen molar-refractivity contribution in [1.82, 2.24) is 10.6 Å². The van der Waals surface area contributed by atoms with Crippen LogP contribution < -0.4 is 20.1 Å². The van der Waals surface area contributed by atoms with Crippen LogP contribution in [0, 0.1) is 0 Å². The summed E-state index contributed by atoms with van der Waals surface area (Å²) in [6, 6.07) is 6.03. The number of ether oxygens (including phenoxy) is 3. The standard InChI is InChI=1S/C20H29N3O5S.HI/c1-2-21-19(23-16-5-10-29(24,25)12-16)22-13-20(6-8-26-9-7-20)15-3-4-17-18(11-15)28-14-27-17;/h3-4,11,16H,2,5-10,12-14H2,1H3,(H2,21,22,23);1H. The van der Waals surface area contributed by atoms with Crippen molar-refractivity contribution >= 4 is 39.8 Å². The highest BCUT2D eigenvalue weighted by Gasteiger charge is 2.36. The van der Waals surface area contributed by atoms with Gasteiger partial charge in [0.15, 0.2) is 27.3 Å². The first kappa shape index (κ1) is 23.4. The van der Waals surface area contributed by atoms with E-state index in [1.165, 1.54) is 5.56 Å². The van der Waals surface area contributed by atoms with Crippen LogP contribution in [-0.2, 0) is 20.0 Å². The van der Waals surface area contributed by atoms with E-state index in [1.807, 2.05) is 13.0 Å². The molecule has 0 radical (unpaired) electrons. The molecule has 0 amide bonds. The minimum absolute atomic E-state index is 0. The van der Waals surface area contributed by atoms with Gasteiger partial charge in [-0.3, -0.25) is 4.99 Å². The van der Waals surface area contributed by atoms with Crippen LogP contribution in [-0.4, -0.2) is 65.0 Å². The molecule has 0 aliphatic carbocycles. The zero-order valence-corrected chi connectivity index (χ0v) is 20.3. The highest BCUT2D eigenvalue weighted by atomic mass is 127. The van der Waals surface area contributed by atoms with Gasteiger partial charge in [-0.25, -0.2) is 8.42 Å². The Kier molecular flexibility index (Phi) is 7.72. The maximum Gasteiger partial charge on any atom is 0.231 e. The summed E-state index contributed by atoms with van der Waals surface area (Å²) in [5.41, 5.74) is 1.02. The number of halogens is 1. The summed E-state index contributed by atoms with van der Waals surface area (Å²) in [7, 11) is -2.94. The smallest absolute Gasteiger partial charge is 0.231 e. The predicted molar refractivity (Wildman–Crippen MR) is 126 cm³/mol. The van der Waals surface area contributed by atoms with Gasteiger partial charge in [-0.2, -0.15) is 0 Å². The number of nitrogens with one attached hydrogen (secondary N) is 2. The van der Waals surface area contributed by atoms with Crippen LogP contribution in [0.2, 0.25) is 0 Å². The van der Waals surface area contributed by atoms with Crippen molar-refractivity contribution in [3.63, 3.8) is 0 Å². The molecule has 2 fully saturated rings. The Hall–Kier alpha value is -1.27. The number of rotatable bonds is 5. The average Bonchev–Trinajstić information content (AvgIpc) is 3.32. The fraction of sp³-hybridized carbons (Fsp3) is 0.650. The van der Waals surface area contributed by atoms with Crippen LogP contribution in [0.1, 0.15) is 31.7 Å². The third kappa shape index (κ3) is 5.31. The molecule has 0 aromatic heterocycles. The Bertz CT molecular complexity index is 871. The second-order valence-corrected chi connectivity index (χ2v) is 10.1. The third-order valence-electron chi connectivity index (χ3n) is 5.89. The van der Waals surface area contributed by atoms with Crippen LogP contribution in [0.15, 0.2) is 23.2 Å². The highest BCUT2D eigenvalue weighted by molar-refractivity contribution is 14.0. The maximum atomic E-state index is 11.8. The monoisotopic (exact) mass is 551 g/mol. The van der Waals surface area contributed by atoms with Gasteiger partial charge in [-0.15, -0.1) is 24.0 Å². The molecule has 1 unspecified atom stereocenters. The minimum atomic E-state index is -2.94. The lowest BCUT2D eigenvalue weighted by Crippen LogP contribution is -2.45. The summed E-state index contributed by atoms with van der Waals surface area (Å²) >= 11 is 0. The molecule has 1 aromatic rings. The molecule has 2 N–H and O–H groups in total. The van der Waals surface area contributed by atoms with Gasteiger partial charge in [0.25, 0.3) is 0 Å². The topological polar surface area (TPSA) is 98.2 Å². The molecular weight excluding hydrogens is 521 g/mol. The lowest BCUT2D eigenvalue weighted by molar-refractivity contribution is 0.0530. The lowest BCUT2D eigenvalue weighted by atomic mass is 9.74. The van der Waals surface area contributed by atoms with Gasteiger partial charge in [-0.1, -0.05) is 6.07 Å². The largest absolute Gasteiger partial charge is 0.454 e. The van der Waals surface area contributed by atoms with Gasteiger partial charge >= 0.3 is 0 Å². The number of benzene rings is 1. The van der Waals surface area contributed by atoms with E-state index in [-0.39, 0.29) is 53.7 Å². The van der Waals surface area contributed by atoms with E-state index in [2.05, 4.69) is 22.8 Å². The number of fused-ring (bicyclic) bond motifs is 1. The molecule has 0 bridgehead atoms. The number of hydrogen-bond donors (Lipinski definition) is 2. The van der Waals surface area contributed by atoms with Crippen LogP contribution in [0.5, 0.6) is 11.5 Å². The fourth-order valence-electron chi connectivity index (χ4n) is 4.18. The molecule has 168 valence electrons. The average molecular weight is 551 g/mol. The van der Waals surface area contributed by atoms with Gasteiger partial charge in [-0.05, 0) is 43.9 Å². The van der Waals surface area contributed by atoms with E-state index in [0.717, 1.165) is 24.3 Å². The van der Waals surface area contributed by atoms with Crippen molar-refractivity contribution < 1.29 is 22.6 Å². The molecule has 3 aliphatic rings. The quantitative estimate of drug-likeness (QED) is 0.328. The molecule has 30 heavy (non-hydrogen) atoms. The summed E-state index contributed by atoms with van der Waals surface area (Å²) in [6.07, 6.45) is 2.36. The number of aliphatic imine (C=N–C) groups is 1. The van der Waals surface area contributed by atoms with Crippen molar-refractivity contribution in [2.45, 2.75) is 37.6 Å². The first-order valence-corrected chi connectivity index (χ1v) is 12.0. The van der Waals surface area contributed by atoms with Gasteiger partial charge in [0.2, 0.25) is 6.79 Å². The lowest BCUT2D eigenvalue weighted by Gasteiger charge is -2.37. The molecule has 1 aromatic carbocycles. The SMILES string of the molecule is CCNC(=NCC1(c2ccc3c(c2)OCO3)CCOCC1)NC1CCS(=O)(=O)C1.I. The zero-order chi connectivity index (χ0) is 20.3. The van der Waals surface area contributed by atoms with E-state index >= 15 is 0 Å². The van der Waals surface area contributed by atoms with Gasteiger partial charge in [0.1, 0.15) is 0 Å². The van der Waals surface area contributed by atoms with Crippen LogP contribution in [0.3, 0.4) is 0 Å². The molecule has 2 saturated heterocycles. The molecule has 4 rings (SSSR count). The summed E-state index contributed by atoms with van der Waals surface area (Å²) in [5, 5.41) is 6.56. The van der Waals surface area contributed by atoms with E-state index < -0.39 is 9.84 Å². The molecule has 0 spiro atoms. The molecule has 8 nitrogen and oxygen atoms in total. The zero-order valence-electron chi connectivity index (χ0n) is 17.2. The van der Waals surface area contributed by atoms with E-state index in [9.17, 15) is 8.42 Å². The summed E-state index contributed by atoms with van der Waals surface area (Å²) < 4.78 is 40.2. The highest BCUT2D eigenvalue weighted by Crippen LogP contribution is 2.41. The van der Waals surface area contributed by atoms with Crippen LogP contribution >= 0.6 is 24.0 Å². The first-order chi connectivity index (χ1) is 14.0. The number of guanidine groups is 1. The number of sulfone groups is 1. The van der Waals surface area contributed by atoms with E-state index in [0.29, 0.717) is 38.7 Å². The fourth-order valence-corrected chi connectivity index (χ4v) is 5.85. The Morgan fingerprint density at radius 2 is 2.00 bits per heavy atom.